The van der Waals surface area contributed by atoms with E-state index in [9.17, 15) is 9.59 Å². The van der Waals surface area contributed by atoms with E-state index in [0.717, 1.165) is 0 Å². The lowest BCUT2D eigenvalue weighted by Crippen LogP contribution is -2.30. The Kier molecular flexibility index (Phi) is 7.39. The molecular weight excluding hydrogens is 296 g/mol. The zero-order chi connectivity index (χ0) is 15.7. The maximum atomic E-state index is 11.7. The molecule has 1 rings (SSSR count). The number of esters is 1. The van der Waals surface area contributed by atoms with Crippen LogP contribution in [0.4, 0.5) is 10.5 Å². The molecule has 2 N–H and O–H groups in total. The number of urea groups is 1. The lowest BCUT2D eigenvalue weighted by atomic mass is 10.3. The van der Waals surface area contributed by atoms with E-state index in [0.29, 0.717) is 36.0 Å². The van der Waals surface area contributed by atoms with Crippen LogP contribution < -0.4 is 15.4 Å². The third-order valence-electron chi connectivity index (χ3n) is 2.56. The summed E-state index contributed by atoms with van der Waals surface area (Å²) in [7, 11) is 1.33. The van der Waals surface area contributed by atoms with Gasteiger partial charge in [-0.3, -0.25) is 4.79 Å². The van der Waals surface area contributed by atoms with Crippen molar-refractivity contribution in [2.45, 2.75) is 19.8 Å². The Morgan fingerprint density at radius 2 is 2.10 bits per heavy atom. The number of carbonyl (C=O) groups is 2. The zero-order valence-corrected chi connectivity index (χ0v) is 12.8. The van der Waals surface area contributed by atoms with E-state index in [1.807, 2.05) is 6.92 Å². The van der Waals surface area contributed by atoms with E-state index in [4.69, 9.17) is 16.3 Å². The first kappa shape index (κ1) is 17.1. The highest BCUT2D eigenvalue weighted by atomic mass is 35.5. The van der Waals surface area contributed by atoms with Crippen molar-refractivity contribution in [3.05, 3.63) is 23.2 Å². The number of anilines is 1. The number of halogens is 1. The second kappa shape index (κ2) is 9.07. The van der Waals surface area contributed by atoms with Crippen molar-refractivity contribution in [2.24, 2.45) is 0 Å². The highest BCUT2D eigenvalue weighted by Crippen LogP contribution is 2.28. The van der Waals surface area contributed by atoms with Crippen LogP contribution in [0.5, 0.6) is 5.75 Å². The second-order valence-corrected chi connectivity index (χ2v) is 4.57. The van der Waals surface area contributed by atoms with E-state index in [-0.39, 0.29) is 18.4 Å². The van der Waals surface area contributed by atoms with Gasteiger partial charge in [0.1, 0.15) is 5.75 Å². The third-order valence-corrected chi connectivity index (χ3v) is 2.80. The first-order chi connectivity index (χ1) is 10.1. The summed E-state index contributed by atoms with van der Waals surface area (Å²) in [6, 6.07) is 4.60. The van der Waals surface area contributed by atoms with Crippen molar-refractivity contribution in [3.8, 4) is 5.75 Å². The van der Waals surface area contributed by atoms with Gasteiger partial charge in [0.2, 0.25) is 0 Å². The SMILES string of the molecule is CCOc1cc(Cl)ccc1NC(=O)NCCCC(=O)OC. The van der Waals surface area contributed by atoms with E-state index in [2.05, 4.69) is 15.4 Å². The van der Waals surface area contributed by atoms with Crippen LogP contribution in [0.15, 0.2) is 18.2 Å². The van der Waals surface area contributed by atoms with Crippen LogP contribution >= 0.6 is 11.6 Å². The number of hydrogen-bond acceptors (Lipinski definition) is 4. The summed E-state index contributed by atoms with van der Waals surface area (Å²) >= 11 is 5.88. The van der Waals surface area contributed by atoms with Crippen LogP contribution in [0.3, 0.4) is 0 Å². The van der Waals surface area contributed by atoms with Crippen LogP contribution in [-0.4, -0.2) is 32.3 Å². The van der Waals surface area contributed by atoms with Crippen LogP contribution in [-0.2, 0) is 9.53 Å². The number of methoxy groups -OCH3 is 1. The summed E-state index contributed by atoms with van der Waals surface area (Å²) in [5.41, 5.74) is 0.534. The lowest BCUT2D eigenvalue weighted by molar-refractivity contribution is -0.140. The molecule has 7 heteroatoms. The fourth-order valence-corrected chi connectivity index (χ4v) is 1.74. The Morgan fingerprint density at radius 3 is 2.76 bits per heavy atom. The van der Waals surface area contributed by atoms with Gasteiger partial charge in [-0.1, -0.05) is 11.6 Å². The number of amides is 2. The molecule has 1 aromatic rings. The molecule has 2 amide bonds. The monoisotopic (exact) mass is 314 g/mol. The van der Waals surface area contributed by atoms with Gasteiger partial charge >= 0.3 is 12.0 Å². The molecule has 0 unspecified atom stereocenters. The van der Waals surface area contributed by atoms with Crippen molar-refractivity contribution >= 4 is 29.3 Å². The van der Waals surface area contributed by atoms with E-state index < -0.39 is 0 Å². The summed E-state index contributed by atoms with van der Waals surface area (Å²) in [5, 5.41) is 5.85. The molecule has 0 spiro atoms. The van der Waals surface area contributed by atoms with Crippen molar-refractivity contribution in [1.82, 2.24) is 5.32 Å². The summed E-state index contributed by atoms with van der Waals surface area (Å²) in [5.74, 6) is 0.211. The third kappa shape index (κ3) is 6.35. The van der Waals surface area contributed by atoms with Crippen molar-refractivity contribution in [3.63, 3.8) is 0 Å². The normalized spacial score (nSPS) is 9.86. The molecule has 0 saturated heterocycles. The predicted octanol–water partition coefficient (Wildman–Crippen LogP) is 2.81. The topological polar surface area (TPSA) is 76.7 Å². The minimum atomic E-state index is -0.372. The van der Waals surface area contributed by atoms with Gasteiger partial charge in [0.25, 0.3) is 0 Å². The molecule has 0 heterocycles. The van der Waals surface area contributed by atoms with Gasteiger partial charge in [-0.05, 0) is 25.5 Å². The molecule has 0 aliphatic rings. The predicted molar refractivity (Wildman–Crippen MR) is 80.9 cm³/mol. The number of ether oxygens (including phenoxy) is 2. The smallest absolute Gasteiger partial charge is 0.319 e. The molecule has 0 bridgehead atoms. The maximum Gasteiger partial charge on any atom is 0.319 e. The average molecular weight is 315 g/mol. The van der Waals surface area contributed by atoms with Gasteiger partial charge in [0, 0.05) is 24.1 Å². The Morgan fingerprint density at radius 1 is 1.33 bits per heavy atom. The highest BCUT2D eigenvalue weighted by Gasteiger charge is 2.08. The largest absolute Gasteiger partial charge is 0.492 e. The van der Waals surface area contributed by atoms with Gasteiger partial charge in [0.05, 0.1) is 19.4 Å². The molecule has 0 saturated carbocycles. The van der Waals surface area contributed by atoms with E-state index >= 15 is 0 Å². The molecule has 1 aromatic carbocycles. The molecular formula is C14H19ClN2O4. The lowest BCUT2D eigenvalue weighted by Gasteiger charge is -2.12. The number of carbonyl (C=O) groups excluding carboxylic acids is 2. The first-order valence-electron chi connectivity index (χ1n) is 6.60. The average Bonchev–Trinajstić information content (AvgIpc) is 2.46. The van der Waals surface area contributed by atoms with Crippen LogP contribution in [0.2, 0.25) is 5.02 Å². The number of benzene rings is 1. The molecule has 0 aromatic heterocycles. The second-order valence-electron chi connectivity index (χ2n) is 4.13. The molecule has 21 heavy (non-hydrogen) atoms. The van der Waals surface area contributed by atoms with Crippen molar-refractivity contribution in [1.29, 1.82) is 0 Å². The van der Waals surface area contributed by atoms with Gasteiger partial charge in [-0.15, -0.1) is 0 Å². The molecule has 116 valence electrons. The number of hydrogen-bond donors (Lipinski definition) is 2. The Balaban J connectivity index is 2.45. The molecule has 0 fully saturated rings. The zero-order valence-electron chi connectivity index (χ0n) is 12.1. The van der Waals surface area contributed by atoms with Gasteiger partial charge < -0.3 is 20.1 Å². The van der Waals surface area contributed by atoms with E-state index in [1.165, 1.54) is 7.11 Å². The fraction of sp³-hybridized carbons (Fsp3) is 0.429. The van der Waals surface area contributed by atoms with Crippen LogP contribution in [0, 0.1) is 0 Å². The summed E-state index contributed by atoms with van der Waals surface area (Å²) < 4.78 is 9.91. The first-order valence-corrected chi connectivity index (χ1v) is 6.98. The van der Waals surface area contributed by atoms with E-state index in [1.54, 1.807) is 18.2 Å². The summed E-state index contributed by atoms with van der Waals surface area (Å²) in [4.78, 5) is 22.7. The fourth-order valence-electron chi connectivity index (χ4n) is 1.58. The maximum absolute atomic E-state index is 11.7. The standard InChI is InChI=1S/C14H19ClN2O4/c1-3-21-12-9-10(15)6-7-11(12)17-14(19)16-8-4-5-13(18)20-2/h6-7,9H,3-5,8H2,1-2H3,(H2,16,17,19). The number of rotatable bonds is 7. The molecule has 0 aliphatic carbocycles. The molecule has 0 atom stereocenters. The van der Waals surface area contributed by atoms with Gasteiger partial charge in [-0.2, -0.15) is 0 Å². The van der Waals surface area contributed by atoms with Crippen LogP contribution in [0.25, 0.3) is 0 Å². The molecule has 0 radical (unpaired) electrons. The minimum absolute atomic E-state index is 0.266. The highest BCUT2D eigenvalue weighted by molar-refractivity contribution is 6.30. The van der Waals surface area contributed by atoms with Gasteiger partial charge in [-0.25, -0.2) is 4.79 Å². The molecule has 6 nitrogen and oxygen atoms in total. The summed E-state index contributed by atoms with van der Waals surface area (Å²) in [6.45, 7) is 2.69. The van der Waals surface area contributed by atoms with Crippen molar-refractivity contribution < 1.29 is 19.1 Å². The Bertz CT molecular complexity index is 494. The number of nitrogens with one attached hydrogen (secondary N) is 2. The van der Waals surface area contributed by atoms with Crippen LogP contribution in [0.1, 0.15) is 19.8 Å². The quantitative estimate of drug-likeness (QED) is 0.599. The Hall–Kier alpha value is -1.95. The van der Waals surface area contributed by atoms with Gasteiger partial charge in [0.15, 0.2) is 0 Å². The Labute approximate surface area is 128 Å². The van der Waals surface area contributed by atoms with Crippen molar-refractivity contribution in [2.75, 3.05) is 25.6 Å². The summed E-state index contributed by atoms with van der Waals surface area (Å²) in [6.07, 6.45) is 0.779. The minimum Gasteiger partial charge on any atom is -0.492 e. The molecule has 0 aliphatic heterocycles.